The molecule has 1 aliphatic rings. The van der Waals surface area contributed by atoms with Gasteiger partial charge in [-0.2, -0.15) is 0 Å². The number of hydrogen-bond donors (Lipinski definition) is 3. The number of aryl methyl sites for hydroxylation is 1. The van der Waals surface area contributed by atoms with Crippen LogP contribution < -0.4 is 11.1 Å². The van der Waals surface area contributed by atoms with Crippen LogP contribution in [0.2, 0.25) is 0 Å². The van der Waals surface area contributed by atoms with Crippen LogP contribution in [0.3, 0.4) is 0 Å². The molecule has 116 valence electrons. The summed E-state index contributed by atoms with van der Waals surface area (Å²) in [5, 5.41) is 15.1. The standard InChI is InChI=1S/C17H21N3OS/c18-16(15-8-4-12-22-15)20-17(10-11-21)9-3-6-13-5-1-2-7-14(13)19-17/h1-2,4-5,7-8,12,19,21H,3,6,9-11H2,(H2,18,20). The lowest BCUT2D eigenvalue weighted by atomic mass is 10.00. The SMILES string of the molecule is NC(=NC1(CCO)CCCc2ccccc2N1)c1cccs1. The number of rotatable bonds is 4. The minimum atomic E-state index is -0.532. The van der Waals surface area contributed by atoms with Gasteiger partial charge in [0.2, 0.25) is 0 Å². The van der Waals surface area contributed by atoms with Gasteiger partial charge in [-0.15, -0.1) is 11.3 Å². The molecule has 1 unspecified atom stereocenters. The van der Waals surface area contributed by atoms with Crippen LogP contribution in [0.4, 0.5) is 5.69 Å². The van der Waals surface area contributed by atoms with Crippen molar-refractivity contribution in [1.82, 2.24) is 0 Å². The predicted molar refractivity (Wildman–Crippen MR) is 92.5 cm³/mol. The molecule has 0 spiro atoms. The molecule has 2 aromatic rings. The number of anilines is 1. The molecule has 1 aromatic heterocycles. The molecule has 0 fully saturated rings. The summed E-state index contributed by atoms with van der Waals surface area (Å²) in [4.78, 5) is 5.76. The maximum atomic E-state index is 9.52. The number of aliphatic hydroxyl groups excluding tert-OH is 1. The van der Waals surface area contributed by atoms with Gasteiger partial charge in [-0.3, -0.25) is 0 Å². The van der Waals surface area contributed by atoms with Crippen molar-refractivity contribution in [3.8, 4) is 0 Å². The van der Waals surface area contributed by atoms with Gasteiger partial charge >= 0.3 is 0 Å². The number of nitrogens with two attached hydrogens (primary N) is 1. The summed E-state index contributed by atoms with van der Waals surface area (Å²) in [7, 11) is 0. The molecule has 1 aliphatic heterocycles. The molecule has 22 heavy (non-hydrogen) atoms. The van der Waals surface area contributed by atoms with E-state index >= 15 is 0 Å². The molecular formula is C17H21N3OS. The van der Waals surface area contributed by atoms with E-state index in [4.69, 9.17) is 10.7 Å². The summed E-state index contributed by atoms with van der Waals surface area (Å²) in [6.45, 7) is 0.0797. The minimum Gasteiger partial charge on any atom is -0.396 e. The van der Waals surface area contributed by atoms with Gasteiger partial charge in [-0.05, 0) is 42.3 Å². The fourth-order valence-electron chi connectivity index (χ4n) is 2.97. The summed E-state index contributed by atoms with van der Waals surface area (Å²) in [6, 6.07) is 12.2. The molecule has 0 radical (unpaired) electrons. The van der Waals surface area contributed by atoms with Crippen LogP contribution in [0.1, 0.15) is 29.7 Å². The number of aliphatic imine (C=N–C) groups is 1. The summed E-state index contributed by atoms with van der Waals surface area (Å²) in [5.41, 5.74) is 8.06. The van der Waals surface area contributed by atoms with E-state index in [0.29, 0.717) is 12.3 Å². The van der Waals surface area contributed by atoms with Crippen LogP contribution in [0, 0.1) is 0 Å². The second-order valence-electron chi connectivity index (χ2n) is 5.62. The molecule has 1 aromatic carbocycles. The van der Waals surface area contributed by atoms with Crippen molar-refractivity contribution in [2.75, 3.05) is 11.9 Å². The maximum absolute atomic E-state index is 9.52. The van der Waals surface area contributed by atoms with Gasteiger partial charge in [-0.1, -0.05) is 24.3 Å². The van der Waals surface area contributed by atoms with Gasteiger partial charge in [0.1, 0.15) is 11.5 Å². The zero-order valence-corrected chi connectivity index (χ0v) is 13.3. The fraction of sp³-hybridized carbons (Fsp3) is 0.353. The molecule has 4 N–H and O–H groups in total. The monoisotopic (exact) mass is 315 g/mol. The Morgan fingerprint density at radius 2 is 2.18 bits per heavy atom. The first-order valence-corrected chi connectivity index (χ1v) is 8.46. The lowest BCUT2D eigenvalue weighted by molar-refractivity contribution is 0.244. The van der Waals surface area contributed by atoms with E-state index in [9.17, 15) is 5.11 Å². The number of nitrogens with one attached hydrogen (secondary N) is 1. The molecule has 1 atom stereocenters. The second-order valence-corrected chi connectivity index (χ2v) is 6.56. The number of thiophene rings is 1. The summed E-state index contributed by atoms with van der Waals surface area (Å²) < 4.78 is 0. The second kappa shape index (κ2) is 6.50. The zero-order valence-electron chi connectivity index (χ0n) is 12.5. The fourth-order valence-corrected chi connectivity index (χ4v) is 3.59. The third-order valence-corrected chi connectivity index (χ3v) is 4.95. The summed E-state index contributed by atoms with van der Waals surface area (Å²) in [5.74, 6) is 0.537. The highest BCUT2D eigenvalue weighted by molar-refractivity contribution is 7.12. The smallest absolute Gasteiger partial charge is 0.138 e. The highest BCUT2D eigenvalue weighted by Gasteiger charge is 2.31. The van der Waals surface area contributed by atoms with Crippen molar-refractivity contribution in [1.29, 1.82) is 0 Å². The van der Waals surface area contributed by atoms with Crippen molar-refractivity contribution in [3.63, 3.8) is 0 Å². The van der Waals surface area contributed by atoms with Gasteiger partial charge in [0, 0.05) is 18.7 Å². The van der Waals surface area contributed by atoms with Crippen LogP contribution in [0.15, 0.2) is 46.8 Å². The van der Waals surface area contributed by atoms with Gasteiger partial charge in [0.25, 0.3) is 0 Å². The van der Waals surface area contributed by atoms with Gasteiger partial charge in [0.05, 0.1) is 4.88 Å². The number of nitrogens with zero attached hydrogens (tertiary/aromatic N) is 1. The number of hydrogen-bond acceptors (Lipinski definition) is 4. The highest BCUT2D eigenvalue weighted by Crippen LogP contribution is 2.33. The molecule has 2 heterocycles. The number of benzene rings is 1. The Hall–Kier alpha value is -1.85. The largest absolute Gasteiger partial charge is 0.396 e. The molecule has 0 amide bonds. The van der Waals surface area contributed by atoms with Gasteiger partial charge in [0.15, 0.2) is 0 Å². The lowest BCUT2D eigenvalue weighted by Crippen LogP contribution is -2.39. The number of amidine groups is 1. The topological polar surface area (TPSA) is 70.6 Å². The number of aliphatic hydroxyl groups is 1. The van der Waals surface area contributed by atoms with E-state index in [0.717, 1.165) is 29.8 Å². The first kappa shape index (κ1) is 15.1. The average molecular weight is 315 g/mol. The van der Waals surface area contributed by atoms with Gasteiger partial charge in [-0.25, -0.2) is 4.99 Å². The highest BCUT2D eigenvalue weighted by atomic mass is 32.1. The first-order chi connectivity index (χ1) is 10.7. The molecule has 4 nitrogen and oxygen atoms in total. The third kappa shape index (κ3) is 3.15. The lowest BCUT2D eigenvalue weighted by Gasteiger charge is -2.31. The van der Waals surface area contributed by atoms with Gasteiger partial charge < -0.3 is 16.2 Å². The Morgan fingerprint density at radius 1 is 1.32 bits per heavy atom. The van der Waals surface area contributed by atoms with E-state index in [-0.39, 0.29) is 6.61 Å². The van der Waals surface area contributed by atoms with Crippen LogP contribution in [-0.4, -0.2) is 23.2 Å². The Kier molecular flexibility index (Phi) is 4.45. The molecule has 0 saturated carbocycles. The maximum Gasteiger partial charge on any atom is 0.138 e. The number of fused-ring (bicyclic) bond motifs is 1. The normalized spacial score (nSPS) is 21.8. The van der Waals surface area contributed by atoms with Crippen molar-refractivity contribution in [3.05, 3.63) is 52.2 Å². The molecule has 0 saturated heterocycles. The van der Waals surface area contributed by atoms with Crippen molar-refractivity contribution in [2.45, 2.75) is 31.3 Å². The van der Waals surface area contributed by atoms with Crippen LogP contribution >= 0.6 is 11.3 Å². The van der Waals surface area contributed by atoms with E-state index in [1.807, 2.05) is 23.6 Å². The van der Waals surface area contributed by atoms with Crippen molar-refractivity contribution in [2.24, 2.45) is 10.7 Å². The summed E-state index contributed by atoms with van der Waals surface area (Å²) >= 11 is 1.58. The van der Waals surface area contributed by atoms with E-state index < -0.39 is 5.66 Å². The van der Waals surface area contributed by atoms with Crippen LogP contribution in [0.25, 0.3) is 0 Å². The Labute approximate surface area is 134 Å². The van der Waals surface area contributed by atoms with Crippen molar-refractivity contribution >= 4 is 22.9 Å². The van der Waals surface area contributed by atoms with E-state index in [1.54, 1.807) is 11.3 Å². The summed E-state index contributed by atoms with van der Waals surface area (Å²) in [6.07, 6.45) is 3.44. The molecular weight excluding hydrogens is 294 g/mol. The van der Waals surface area contributed by atoms with E-state index in [2.05, 4.69) is 23.5 Å². The molecule has 3 rings (SSSR count). The van der Waals surface area contributed by atoms with E-state index in [1.165, 1.54) is 5.56 Å². The Balaban J connectivity index is 1.96. The predicted octanol–water partition coefficient (Wildman–Crippen LogP) is 2.98. The molecule has 5 heteroatoms. The van der Waals surface area contributed by atoms with Crippen LogP contribution in [0.5, 0.6) is 0 Å². The molecule has 0 bridgehead atoms. The Bertz CT molecular complexity index is 654. The van der Waals surface area contributed by atoms with Crippen molar-refractivity contribution < 1.29 is 5.11 Å². The molecule has 0 aliphatic carbocycles. The first-order valence-electron chi connectivity index (χ1n) is 7.59. The zero-order chi connectivity index (χ0) is 15.4. The third-order valence-electron chi connectivity index (χ3n) is 4.05. The quantitative estimate of drug-likeness (QED) is 0.600. The number of para-hydroxylation sites is 1. The van der Waals surface area contributed by atoms with Crippen LogP contribution in [-0.2, 0) is 6.42 Å². The average Bonchev–Trinajstić information content (AvgIpc) is 2.98. The Morgan fingerprint density at radius 3 is 2.95 bits per heavy atom. The minimum absolute atomic E-state index is 0.0797.